The second kappa shape index (κ2) is 4.61. The van der Waals surface area contributed by atoms with Gasteiger partial charge in [-0.3, -0.25) is 0 Å². The summed E-state index contributed by atoms with van der Waals surface area (Å²) < 4.78 is 5.42. The molecule has 2 N–H and O–H groups in total. The molecule has 4 heteroatoms. The predicted molar refractivity (Wildman–Crippen MR) is 64.3 cm³/mol. The fourth-order valence-electron chi connectivity index (χ4n) is 1.34. The van der Waals surface area contributed by atoms with E-state index in [2.05, 4.69) is 16.5 Å². The Hall–Kier alpha value is -2.10. The maximum atomic E-state index is 5.74. The third-order valence-electron chi connectivity index (χ3n) is 2.12. The maximum Gasteiger partial charge on any atom is 0.257 e. The highest BCUT2D eigenvalue weighted by Crippen LogP contribution is 2.20. The number of fused-ring (bicyclic) bond motifs is 1. The van der Waals surface area contributed by atoms with E-state index in [1.807, 2.05) is 24.3 Å². The van der Waals surface area contributed by atoms with E-state index in [1.54, 1.807) is 6.08 Å². The molecular formula is C12H13N3O. The van der Waals surface area contributed by atoms with Crippen molar-refractivity contribution in [2.24, 2.45) is 0 Å². The molecule has 4 nitrogen and oxygen atoms in total. The average Bonchev–Trinajstić information content (AvgIpc) is 2.30. The smallest absolute Gasteiger partial charge is 0.257 e. The monoisotopic (exact) mass is 215 g/mol. The van der Waals surface area contributed by atoms with Crippen LogP contribution in [0.1, 0.15) is 6.42 Å². The van der Waals surface area contributed by atoms with Gasteiger partial charge in [0.25, 0.3) is 5.88 Å². The Morgan fingerprint density at radius 1 is 1.25 bits per heavy atom. The quantitative estimate of drug-likeness (QED) is 0.627. The van der Waals surface area contributed by atoms with E-state index in [4.69, 9.17) is 10.5 Å². The zero-order valence-corrected chi connectivity index (χ0v) is 8.89. The first-order valence-corrected chi connectivity index (χ1v) is 5.07. The Morgan fingerprint density at radius 2 is 1.94 bits per heavy atom. The molecule has 0 saturated heterocycles. The first kappa shape index (κ1) is 10.4. The van der Waals surface area contributed by atoms with Crippen molar-refractivity contribution in [3.05, 3.63) is 36.9 Å². The molecule has 0 atom stereocenters. The van der Waals surface area contributed by atoms with Gasteiger partial charge in [-0.25, -0.2) is 9.97 Å². The summed E-state index contributed by atoms with van der Waals surface area (Å²) in [5.41, 5.74) is 7.30. The second-order valence-corrected chi connectivity index (χ2v) is 3.33. The predicted octanol–water partition coefficient (Wildman–Crippen LogP) is 2.17. The minimum Gasteiger partial charge on any atom is -0.475 e. The first-order valence-electron chi connectivity index (χ1n) is 5.07. The van der Waals surface area contributed by atoms with Gasteiger partial charge in [0.1, 0.15) is 0 Å². The van der Waals surface area contributed by atoms with Crippen molar-refractivity contribution in [2.75, 3.05) is 12.3 Å². The molecule has 0 amide bonds. The fourth-order valence-corrected chi connectivity index (χ4v) is 1.34. The van der Waals surface area contributed by atoms with Crippen LogP contribution in [0.3, 0.4) is 0 Å². The zero-order valence-electron chi connectivity index (χ0n) is 8.89. The average molecular weight is 215 g/mol. The zero-order chi connectivity index (χ0) is 11.4. The molecule has 2 rings (SSSR count). The Labute approximate surface area is 93.8 Å². The van der Waals surface area contributed by atoms with Gasteiger partial charge in [0.2, 0.25) is 0 Å². The number of nitrogens with zero attached hydrogens (tertiary/aromatic N) is 2. The Bertz CT molecular complexity index is 511. The molecule has 0 saturated carbocycles. The summed E-state index contributed by atoms with van der Waals surface area (Å²) in [5, 5.41) is 0. The minimum absolute atomic E-state index is 0.322. The van der Waals surface area contributed by atoms with Crippen molar-refractivity contribution >= 4 is 16.9 Å². The van der Waals surface area contributed by atoms with Crippen LogP contribution in [0.25, 0.3) is 11.0 Å². The lowest BCUT2D eigenvalue weighted by atomic mass is 10.3. The van der Waals surface area contributed by atoms with Crippen LogP contribution in [-0.2, 0) is 0 Å². The van der Waals surface area contributed by atoms with Crippen molar-refractivity contribution in [1.82, 2.24) is 9.97 Å². The van der Waals surface area contributed by atoms with Crippen LogP contribution in [0.15, 0.2) is 36.9 Å². The van der Waals surface area contributed by atoms with Gasteiger partial charge < -0.3 is 10.5 Å². The van der Waals surface area contributed by atoms with Crippen LogP contribution in [0.2, 0.25) is 0 Å². The Balaban J connectivity index is 2.30. The molecule has 0 spiro atoms. The summed E-state index contributed by atoms with van der Waals surface area (Å²) in [4.78, 5) is 8.52. The Morgan fingerprint density at radius 3 is 2.62 bits per heavy atom. The summed E-state index contributed by atoms with van der Waals surface area (Å²) in [6.07, 6.45) is 2.54. The number of hydrogen-bond acceptors (Lipinski definition) is 4. The van der Waals surface area contributed by atoms with Gasteiger partial charge >= 0.3 is 0 Å². The van der Waals surface area contributed by atoms with Crippen molar-refractivity contribution in [3.8, 4) is 5.88 Å². The van der Waals surface area contributed by atoms with E-state index in [-0.39, 0.29) is 0 Å². The fraction of sp³-hybridized carbons (Fsp3) is 0.167. The van der Waals surface area contributed by atoms with Gasteiger partial charge in [-0.2, -0.15) is 0 Å². The lowest BCUT2D eigenvalue weighted by Crippen LogP contribution is -2.03. The lowest BCUT2D eigenvalue weighted by Gasteiger charge is -2.06. The number of ether oxygens (including phenoxy) is 1. The van der Waals surface area contributed by atoms with Crippen LogP contribution < -0.4 is 10.5 Å². The highest BCUT2D eigenvalue weighted by molar-refractivity contribution is 5.76. The highest BCUT2D eigenvalue weighted by atomic mass is 16.5. The van der Waals surface area contributed by atoms with E-state index >= 15 is 0 Å². The summed E-state index contributed by atoms with van der Waals surface area (Å²) in [6.45, 7) is 4.13. The van der Waals surface area contributed by atoms with Crippen molar-refractivity contribution in [1.29, 1.82) is 0 Å². The number of para-hydroxylation sites is 2. The molecule has 1 aromatic heterocycles. The molecule has 82 valence electrons. The maximum absolute atomic E-state index is 5.74. The molecule has 1 heterocycles. The number of benzene rings is 1. The number of hydrogen-bond donors (Lipinski definition) is 1. The number of aromatic nitrogens is 2. The summed E-state index contributed by atoms with van der Waals surface area (Å²) in [6, 6.07) is 7.55. The number of nitrogen functional groups attached to an aromatic ring is 1. The normalized spacial score (nSPS) is 10.2. The van der Waals surface area contributed by atoms with Crippen LogP contribution in [-0.4, -0.2) is 16.6 Å². The highest BCUT2D eigenvalue weighted by Gasteiger charge is 2.05. The third kappa shape index (κ3) is 2.11. The largest absolute Gasteiger partial charge is 0.475 e. The van der Waals surface area contributed by atoms with E-state index in [0.29, 0.717) is 18.3 Å². The van der Waals surface area contributed by atoms with Crippen molar-refractivity contribution < 1.29 is 4.74 Å². The van der Waals surface area contributed by atoms with Crippen molar-refractivity contribution in [2.45, 2.75) is 6.42 Å². The molecule has 0 aliphatic rings. The molecular weight excluding hydrogens is 202 g/mol. The molecule has 0 fully saturated rings. The topological polar surface area (TPSA) is 61.0 Å². The van der Waals surface area contributed by atoms with E-state index < -0.39 is 0 Å². The second-order valence-electron chi connectivity index (χ2n) is 3.33. The van der Waals surface area contributed by atoms with Crippen molar-refractivity contribution in [3.63, 3.8) is 0 Å². The standard InChI is InChI=1S/C12H13N3O/c1-2-3-8-16-12-11(13)14-9-6-4-5-7-10(9)15-12/h2,4-7H,1,3,8H2,(H2,13,14). The molecule has 0 aliphatic carbocycles. The molecule has 0 radical (unpaired) electrons. The van der Waals surface area contributed by atoms with Gasteiger partial charge in [0.05, 0.1) is 17.6 Å². The van der Waals surface area contributed by atoms with Gasteiger partial charge in [-0.15, -0.1) is 6.58 Å². The van der Waals surface area contributed by atoms with Crippen LogP contribution >= 0.6 is 0 Å². The summed E-state index contributed by atoms with van der Waals surface area (Å²) in [5.74, 6) is 0.711. The van der Waals surface area contributed by atoms with E-state index in [0.717, 1.165) is 17.5 Å². The molecule has 0 aliphatic heterocycles. The molecule has 2 aromatic rings. The van der Waals surface area contributed by atoms with Crippen LogP contribution in [0.5, 0.6) is 5.88 Å². The number of anilines is 1. The van der Waals surface area contributed by atoms with Crippen LogP contribution in [0, 0.1) is 0 Å². The molecule has 0 unspecified atom stereocenters. The third-order valence-corrected chi connectivity index (χ3v) is 2.12. The number of nitrogens with two attached hydrogens (primary N) is 1. The lowest BCUT2D eigenvalue weighted by molar-refractivity contribution is 0.314. The van der Waals surface area contributed by atoms with Gasteiger partial charge in [0.15, 0.2) is 5.82 Å². The van der Waals surface area contributed by atoms with E-state index in [1.165, 1.54) is 0 Å². The van der Waals surface area contributed by atoms with Gasteiger partial charge in [-0.05, 0) is 18.6 Å². The SMILES string of the molecule is C=CCCOc1nc2ccccc2nc1N. The summed E-state index contributed by atoms with van der Waals surface area (Å²) >= 11 is 0. The molecule has 16 heavy (non-hydrogen) atoms. The molecule has 0 bridgehead atoms. The van der Waals surface area contributed by atoms with E-state index in [9.17, 15) is 0 Å². The van der Waals surface area contributed by atoms with Gasteiger partial charge in [-0.1, -0.05) is 18.2 Å². The minimum atomic E-state index is 0.322. The number of rotatable bonds is 4. The first-order chi connectivity index (χ1) is 7.81. The Kier molecular flexibility index (Phi) is 3.00. The van der Waals surface area contributed by atoms with Gasteiger partial charge in [0, 0.05) is 0 Å². The van der Waals surface area contributed by atoms with Crippen LogP contribution in [0.4, 0.5) is 5.82 Å². The molecule has 1 aromatic carbocycles. The summed E-state index contributed by atoms with van der Waals surface area (Å²) in [7, 11) is 0.